The molecule has 7 nitrogen and oxygen atoms in total. The van der Waals surface area contributed by atoms with Crippen LogP contribution in [0.3, 0.4) is 0 Å². The fourth-order valence-corrected chi connectivity index (χ4v) is 3.45. The monoisotopic (exact) mass is 348 g/mol. The predicted octanol–water partition coefficient (Wildman–Crippen LogP) is 2.38. The summed E-state index contributed by atoms with van der Waals surface area (Å²) in [6.45, 7) is 0. The minimum absolute atomic E-state index is 0. The zero-order valence-electron chi connectivity index (χ0n) is 12.4. The van der Waals surface area contributed by atoms with Crippen LogP contribution in [0.15, 0.2) is 36.4 Å². The van der Waals surface area contributed by atoms with Gasteiger partial charge in [0.05, 0.1) is 16.7 Å². The topological polar surface area (TPSA) is 103 Å². The van der Waals surface area contributed by atoms with Crippen LogP contribution < -0.4 is 0 Å². The number of nitrogens with zero attached hydrogens (tertiary/aromatic N) is 3. The third-order valence-electron chi connectivity index (χ3n) is 3.92. The van der Waals surface area contributed by atoms with Crippen LogP contribution in [0.5, 0.6) is 0 Å². The first-order valence-electron chi connectivity index (χ1n) is 6.66. The minimum atomic E-state index is -1.01. The molecule has 3 aromatic rings. The standard InChI is InChI=1S/C15H7N3O4S.Na/c19-14-7-3-1-2-4-8(7)15(20)11(14)9-5-6-10(18(21)22)13-12(9)16-23-17-13;/h1-6,11H;. The van der Waals surface area contributed by atoms with Gasteiger partial charge in [-0.1, -0.05) is 24.3 Å². The third-order valence-corrected chi connectivity index (χ3v) is 4.44. The number of benzene rings is 2. The Morgan fingerprint density at radius 3 is 2.12 bits per heavy atom. The summed E-state index contributed by atoms with van der Waals surface area (Å²) in [5, 5.41) is 11.1. The van der Waals surface area contributed by atoms with Crippen LogP contribution in [-0.2, 0) is 0 Å². The van der Waals surface area contributed by atoms with E-state index in [1.54, 1.807) is 24.3 Å². The summed E-state index contributed by atoms with van der Waals surface area (Å²) in [6, 6.07) is 9.30. The average molecular weight is 348 g/mol. The number of carbonyl (C=O) groups excluding carboxylic acids is 2. The molecule has 0 fully saturated rings. The molecule has 0 spiro atoms. The fraction of sp³-hybridized carbons (Fsp3) is 0.0667. The van der Waals surface area contributed by atoms with Gasteiger partial charge in [0, 0.05) is 52.3 Å². The summed E-state index contributed by atoms with van der Waals surface area (Å²) < 4.78 is 8.00. The zero-order chi connectivity index (χ0) is 16.1. The number of aromatic nitrogens is 2. The summed E-state index contributed by atoms with van der Waals surface area (Å²) in [7, 11) is 0. The van der Waals surface area contributed by atoms with E-state index in [9.17, 15) is 19.7 Å². The Balaban J connectivity index is 0.00000169. The fourth-order valence-electron chi connectivity index (χ4n) is 2.88. The van der Waals surface area contributed by atoms with Gasteiger partial charge in [-0.15, -0.1) is 0 Å². The van der Waals surface area contributed by atoms with Gasteiger partial charge in [0.2, 0.25) is 0 Å². The van der Waals surface area contributed by atoms with Crippen LogP contribution in [-0.4, -0.2) is 54.8 Å². The molecule has 4 rings (SSSR count). The molecule has 1 radical (unpaired) electrons. The average Bonchev–Trinajstić information content (AvgIpc) is 3.12. The van der Waals surface area contributed by atoms with Crippen LogP contribution in [0.25, 0.3) is 11.0 Å². The van der Waals surface area contributed by atoms with E-state index >= 15 is 0 Å². The maximum absolute atomic E-state index is 12.6. The van der Waals surface area contributed by atoms with Gasteiger partial charge < -0.3 is 0 Å². The number of carbonyl (C=O) groups is 2. The molecule has 0 aliphatic heterocycles. The molecule has 113 valence electrons. The molecule has 1 aromatic heterocycles. The molecule has 1 aliphatic carbocycles. The van der Waals surface area contributed by atoms with Gasteiger partial charge in [0.25, 0.3) is 5.69 Å². The van der Waals surface area contributed by atoms with Gasteiger partial charge in [0.15, 0.2) is 17.1 Å². The molecule has 0 unspecified atom stereocenters. The molecule has 24 heavy (non-hydrogen) atoms. The number of Topliss-reactive ketones (excluding diaryl/α,β-unsaturated/α-hetero) is 2. The third kappa shape index (κ3) is 2.30. The van der Waals surface area contributed by atoms with Gasteiger partial charge in [-0.2, -0.15) is 8.75 Å². The molecule has 0 N–H and O–H groups in total. The smallest absolute Gasteiger partial charge is 0.293 e. The second-order valence-corrected chi connectivity index (χ2v) is 5.63. The van der Waals surface area contributed by atoms with Crippen molar-refractivity contribution in [3.63, 3.8) is 0 Å². The van der Waals surface area contributed by atoms with Crippen LogP contribution >= 0.6 is 11.7 Å². The molecule has 0 bridgehead atoms. The Kier molecular flexibility index (Phi) is 4.31. The van der Waals surface area contributed by atoms with E-state index < -0.39 is 10.8 Å². The number of nitro groups is 1. The quantitative estimate of drug-likeness (QED) is 0.305. The van der Waals surface area contributed by atoms with Gasteiger partial charge in [-0.3, -0.25) is 19.7 Å². The molecule has 2 aromatic carbocycles. The van der Waals surface area contributed by atoms with E-state index in [0.29, 0.717) is 16.7 Å². The Hall–Kier alpha value is -2.00. The Morgan fingerprint density at radius 1 is 0.958 bits per heavy atom. The van der Waals surface area contributed by atoms with E-state index in [2.05, 4.69) is 8.75 Å². The molecular weight excluding hydrogens is 341 g/mol. The number of hydrogen-bond acceptors (Lipinski definition) is 7. The number of hydrogen-bond donors (Lipinski definition) is 0. The van der Waals surface area contributed by atoms with Crippen molar-refractivity contribution in [1.82, 2.24) is 8.75 Å². The molecule has 9 heteroatoms. The normalized spacial score (nSPS) is 13.8. The summed E-state index contributed by atoms with van der Waals surface area (Å²) >= 11 is 0.817. The van der Waals surface area contributed by atoms with Crippen molar-refractivity contribution in [2.24, 2.45) is 0 Å². The number of fused-ring (bicyclic) bond motifs is 2. The van der Waals surface area contributed by atoms with Gasteiger partial charge in [-0.05, 0) is 6.07 Å². The maximum Gasteiger partial charge on any atom is 0.298 e. The molecule has 1 heterocycles. The molecule has 1 aliphatic rings. The Labute approximate surface area is 161 Å². The first-order chi connectivity index (χ1) is 11.1. The summed E-state index contributed by atoms with van der Waals surface area (Å²) in [5.74, 6) is -1.64. The first-order valence-corrected chi connectivity index (χ1v) is 7.39. The summed E-state index contributed by atoms with van der Waals surface area (Å²) in [5.41, 5.74) is 1.27. The first kappa shape index (κ1) is 16.8. The van der Waals surface area contributed by atoms with E-state index in [-0.39, 0.29) is 57.8 Å². The summed E-state index contributed by atoms with van der Waals surface area (Å²) in [4.78, 5) is 35.7. The predicted molar refractivity (Wildman–Crippen MR) is 87.7 cm³/mol. The number of nitro benzene ring substituents is 1. The molecule has 0 amide bonds. The molecule has 0 saturated heterocycles. The van der Waals surface area contributed by atoms with Gasteiger partial charge in [-0.25, -0.2) is 0 Å². The largest absolute Gasteiger partial charge is 0.298 e. The van der Waals surface area contributed by atoms with E-state index in [0.717, 1.165) is 11.7 Å². The zero-order valence-corrected chi connectivity index (χ0v) is 15.2. The SMILES string of the molecule is O=C1c2ccccc2C(=O)C1c1ccc([N+](=O)[O-])c2nsnc12.[Na]. The van der Waals surface area contributed by atoms with Crippen molar-refractivity contribution in [2.45, 2.75) is 5.92 Å². The second-order valence-electron chi connectivity index (χ2n) is 5.10. The van der Waals surface area contributed by atoms with Crippen LogP contribution in [0.1, 0.15) is 32.2 Å². The minimum Gasteiger partial charge on any atom is -0.293 e. The van der Waals surface area contributed by atoms with Gasteiger partial charge in [0.1, 0.15) is 11.4 Å². The van der Waals surface area contributed by atoms with E-state index in [4.69, 9.17) is 0 Å². The van der Waals surface area contributed by atoms with Gasteiger partial charge >= 0.3 is 0 Å². The van der Waals surface area contributed by atoms with Crippen molar-refractivity contribution in [3.8, 4) is 0 Å². The van der Waals surface area contributed by atoms with Crippen molar-refractivity contribution in [1.29, 1.82) is 0 Å². The van der Waals surface area contributed by atoms with E-state index in [1.165, 1.54) is 12.1 Å². The molecule has 0 atom stereocenters. The number of rotatable bonds is 2. The van der Waals surface area contributed by atoms with E-state index in [1.807, 2.05) is 0 Å². The molecule has 0 saturated carbocycles. The van der Waals surface area contributed by atoms with Crippen LogP contribution in [0.4, 0.5) is 5.69 Å². The number of non-ortho nitro benzene ring substituents is 1. The van der Waals surface area contributed by atoms with Crippen LogP contribution in [0, 0.1) is 10.1 Å². The summed E-state index contributed by atoms with van der Waals surface area (Å²) in [6.07, 6.45) is 0. The molecular formula is C15H7N3NaO4S. The van der Waals surface area contributed by atoms with Crippen molar-refractivity contribution >= 4 is 69.6 Å². The number of ketones is 2. The van der Waals surface area contributed by atoms with Crippen molar-refractivity contribution in [2.75, 3.05) is 0 Å². The maximum atomic E-state index is 12.6. The van der Waals surface area contributed by atoms with Crippen molar-refractivity contribution in [3.05, 3.63) is 63.2 Å². The Morgan fingerprint density at radius 2 is 1.54 bits per heavy atom. The van der Waals surface area contributed by atoms with Crippen LogP contribution in [0.2, 0.25) is 0 Å². The Bertz CT molecular complexity index is 982. The van der Waals surface area contributed by atoms with Crippen molar-refractivity contribution < 1.29 is 14.5 Å². The second kappa shape index (κ2) is 6.14.